The van der Waals surface area contributed by atoms with Gasteiger partial charge in [-0.3, -0.25) is 14.5 Å². The van der Waals surface area contributed by atoms with Gasteiger partial charge in [0.25, 0.3) is 5.91 Å². The van der Waals surface area contributed by atoms with E-state index in [0.717, 1.165) is 23.6 Å². The maximum absolute atomic E-state index is 12.6. The van der Waals surface area contributed by atoms with Gasteiger partial charge in [0.15, 0.2) is 0 Å². The van der Waals surface area contributed by atoms with Gasteiger partial charge in [0.2, 0.25) is 0 Å². The average Bonchev–Trinajstić information content (AvgIpc) is 3.18. The Morgan fingerprint density at radius 2 is 1.93 bits per heavy atom. The van der Waals surface area contributed by atoms with E-state index in [0.29, 0.717) is 23.0 Å². The molecule has 0 unspecified atom stereocenters. The summed E-state index contributed by atoms with van der Waals surface area (Å²) in [6, 6.07) is 6.10. The van der Waals surface area contributed by atoms with E-state index < -0.39 is 0 Å². The van der Waals surface area contributed by atoms with E-state index in [1.807, 2.05) is 25.1 Å². The smallest absolute Gasteiger partial charge is 0.257 e. The molecule has 7 nitrogen and oxygen atoms in total. The quantitative estimate of drug-likeness (QED) is 0.693. The van der Waals surface area contributed by atoms with Crippen molar-refractivity contribution in [2.45, 2.75) is 45.1 Å². The summed E-state index contributed by atoms with van der Waals surface area (Å²) in [6.07, 6.45) is 11.6. The number of aliphatic hydroxyl groups excluding tert-OH is 1. The summed E-state index contributed by atoms with van der Waals surface area (Å²) in [5.41, 5.74) is 2.99. The largest absolute Gasteiger partial charge is 0.494 e. The van der Waals surface area contributed by atoms with Crippen LogP contribution in [0.2, 0.25) is 0 Å². The molecule has 0 saturated heterocycles. The number of amides is 1. The maximum atomic E-state index is 12.6. The number of rotatable bonds is 4. The number of nitrogens with zero attached hydrogens (tertiary/aromatic N) is 3. The molecule has 3 aromatic rings. The first kappa shape index (κ1) is 20.8. The molecule has 0 atom stereocenters. The van der Waals surface area contributed by atoms with Crippen molar-refractivity contribution < 1.29 is 14.6 Å². The van der Waals surface area contributed by atoms with Crippen molar-refractivity contribution in [3.63, 3.8) is 0 Å². The molecule has 2 N–H and O–H groups in total. The third-order valence-corrected chi connectivity index (χ3v) is 5.18. The van der Waals surface area contributed by atoms with Crippen LogP contribution >= 0.6 is 0 Å². The summed E-state index contributed by atoms with van der Waals surface area (Å²) in [4.78, 5) is 16.7. The van der Waals surface area contributed by atoms with Gasteiger partial charge in [-0.2, -0.15) is 5.10 Å². The molecule has 1 aromatic carbocycles. The van der Waals surface area contributed by atoms with Gasteiger partial charge < -0.3 is 15.2 Å². The predicted molar refractivity (Wildman–Crippen MR) is 113 cm³/mol. The number of hydrogen-bond acceptors (Lipinski definition) is 5. The van der Waals surface area contributed by atoms with Gasteiger partial charge in [0.05, 0.1) is 29.9 Å². The number of carbonyl (C=O) groups is 1. The van der Waals surface area contributed by atoms with Crippen molar-refractivity contribution in [3.05, 3.63) is 47.9 Å². The zero-order valence-corrected chi connectivity index (χ0v) is 17.2. The lowest BCUT2D eigenvalue weighted by atomic mass is 9.96. The zero-order valence-electron chi connectivity index (χ0n) is 17.2. The number of ether oxygens (including phenoxy) is 1. The number of carbonyl (C=O) groups excluding carboxylic acids is 1. The summed E-state index contributed by atoms with van der Waals surface area (Å²) in [7, 11) is 2.60. The minimum Gasteiger partial charge on any atom is -0.494 e. The minimum absolute atomic E-state index is 0.205. The van der Waals surface area contributed by atoms with Gasteiger partial charge in [-0.05, 0) is 37.5 Å². The van der Waals surface area contributed by atoms with Gasteiger partial charge in [0, 0.05) is 37.2 Å². The number of fused-ring (bicyclic) bond motifs is 1. The Bertz CT molecular complexity index is 977. The van der Waals surface area contributed by atoms with Crippen molar-refractivity contribution in [2.24, 2.45) is 0 Å². The molecule has 7 heteroatoms. The first-order valence-electron chi connectivity index (χ1n) is 9.88. The van der Waals surface area contributed by atoms with Gasteiger partial charge in [-0.25, -0.2) is 0 Å². The second-order valence-corrected chi connectivity index (χ2v) is 7.22. The van der Waals surface area contributed by atoms with Crippen molar-refractivity contribution in [1.82, 2.24) is 14.8 Å². The van der Waals surface area contributed by atoms with E-state index in [9.17, 15) is 4.79 Å². The molecule has 1 amide bonds. The van der Waals surface area contributed by atoms with Gasteiger partial charge in [0.1, 0.15) is 5.75 Å². The number of aromatic nitrogens is 3. The van der Waals surface area contributed by atoms with E-state index in [1.54, 1.807) is 19.5 Å². The van der Waals surface area contributed by atoms with Crippen LogP contribution < -0.4 is 10.1 Å². The van der Waals surface area contributed by atoms with Crippen LogP contribution in [0.1, 0.15) is 54.1 Å². The van der Waals surface area contributed by atoms with Crippen molar-refractivity contribution in [2.75, 3.05) is 19.5 Å². The first-order chi connectivity index (χ1) is 14.1. The number of pyridine rings is 1. The standard InChI is InChI=1S/C21H24N4O2.CH4O/c1-14-8-15(12-22-11-14)21(26)23-19-9-16-13-25(17-6-4-3-5-7-17)24-18(16)10-20(19)27-2;1-2/h8-13,17H,3-7H2,1-2H3,(H,23,26);2H,1H3. The number of aliphatic hydroxyl groups is 1. The molecule has 2 heterocycles. The molecule has 0 radical (unpaired) electrons. The topological polar surface area (TPSA) is 89.3 Å². The summed E-state index contributed by atoms with van der Waals surface area (Å²) >= 11 is 0. The molecule has 1 aliphatic carbocycles. The average molecular weight is 396 g/mol. The van der Waals surface area contributed by atoms with Crippen LogP contribution in [0, 0.1) is 6.92 Å². The Kier molecular flexibility index (Phi) is 6.82. The van der Waals surface area contributed by atoms with Crippen molar-refractivity contribution in [3.8, 4) is 5.75 Å². The second-order valence-electron chi connectivity index (χ2n) is 7.22. The summed E-state index contributed by atoms with van der Waals surface area (Å²) < 4.78 is 7.57. The minimum atomic E-state index is -0.205. The molecule has 4 rings (SSSR count). The number of aryl methyl sites for hydroxylation is 1. The molecule has 1 fully saturated rings. The number of methoxy groups -OCH3 is 1. The van der Waals surface area contributed by atoms with Crippen LogP contribution in [-0.4, -0.2) is 40.0 Å². The van der Waals surface area contributed by atoms with Gasteiger partial charge in [-0.15, -0.1) is 0 Å². The Balaban J connectivity index is 0.00000117. The molecule has 1 saturated carbocycles. The third-order valence-electron chi connectivity index (χ3n) is 5.18. The predicted octanol–water partition coefficient (Wildman–Crippen LogP) is 4.11. The fraction of sp³-hybridized carbons (Fsp3) is 0.409. The third kappa shape index (κ3) is 4.74. The number of benzene rings is 1. The molecular weight excluding hydrogens is 368 g/mol. The zero-order chi connectivity index (χ0) is 20.8. The van der Waals surface area contributed by atoms with Crippen LogP contribution in [0.5, 0.6) is 5.75 Å². The Hall–Kier alpha value is -2.93. The number of hydrogen-bond donors (Lipinski definition) is 2. The highest BCUT2D eigenvalue weighted by molar-refractivity contribution is 6.06. The van der Waals surface area contributed by atoms with E-state index in [-0.39, 0.29) is 5.91 Å². The molecule has 1 aliphatic rings. The fourth-order valence-corrected chi connectivity index (χ4v) is 3.74. The Labute approximate surface area is 170 Å². The van der Waals surface area contributed by atoms with Crippen LogP contribution in [0.4, 0.5) is 5.69 Å². The molecule has 154 valence electrons. The number of anilines is 1. The second kappa shape index (κ2) is 9.52. The van der Waals surface area contributed by atoms with E-state index >= 15 is 0 Å². The van der Waals surface area contributed by atoms with E-state index in [4.69, 9.17) is 14.9 Å². The molecule has 2 aromatic heterocycles. The highest BCUT2D eigenvalue weighted by atomic mass is 16.5. The van der Waals surface area contributed by atoms with Crippen molar-refractivity contribution in [1.29, 1.82) is 0 Å². The van der Waals surface area contributed by atoms with Gasteiger partial charge in [-0.1, -0.05) is 19.3 Å². The highest BCUT2D eigenvalue weighted by Gasteiger charge is 2.18. The fourth-order valence-electron chi connectivity index (χ4n) is 3.74. The molecular formula is C22H28N4O3. The lowest BCUT2D eigenvalue weighted by Crippen LogP contribution is -2.13. The van der Waals surface area contributed by atoms with Crippen LogP contribution in [0.15, 0.2) is 36.8 Å². The summed E-state index contributed by atoms with van der Waals surface area (Å²) in [5, 5.41) is 15.7. The summed E-state index contributed by atoms with van der Waals surface area (Å²) in [5.74, 6) is 0.397. The lowest BCUT2D eigenvalue weighted by Gasteiger charge is -2.21. The van der Waals surface area contributed by atoms with Gasteiger partial charge >= 0.3 is 0 Å². The normalized spacial score (nSPS) is 14.2. The molecule has 0 aliphatic heterocycles. The van der Waals surface area contributed by atoms with E-state index in [2.05, 4.69) is 21.2 Å². The summed E-state index contributed by atoms with van der Waals surface area (Å²) in [6.45, 7) is 1.91. The monoisotopic (exact) mass is 396 g/mol. The van der Waals surface area contributed by atoms with Crippen molar-refractivity contribution >= 4 is 22.5 Å². The SMILES string of the molecule is CO.COc1cc2nn(C3CCCCC3)cc2cc1NC(=O)c1cncc(C)c1. The first-order valence-corrected chi connectivity index (χ1v) is 9.88. The lowest BCUT2D eigenvalue weighted by molar-refractivity contribution is 0.102. The van der Waals surface area contributed by atoms with Crippen LogP contribution in [-0.2, 0) is 0 Å². The molecule has 0 bridgehead atoms. The van der Waals surface area contributed by atoms with Crippen LogP contribution in [0.3, 0.4) is 0 Å². The Morgan fingerprint density at radius 1 is 1.17 bits per heavy atom. The maximum Gasteiger partial charge on any atom is 0.257 e. The molecule has 29 heavy (non-hydrogen) atoms. The Morgan fingerprint density at radius 3 is 2.62 bits per heavy atom. The van der Waals surface area contributed by atoms with E-state index in [1.165, 1.54) is 32.1 Å². The number of nitrogens with one attached hydrogen (secondary N) is 1. The highest BCUT2D eigenvalue weighted by Crippen LogP contribution is 2.33. The molecule has 0 spiro atoms. The van der Waals surface area contributed by atoms with Crippen LogP contribution in [0.25, 0.3) is 10.9 Å².